The van der Waals surface area contributed by atoms with Gasteiger partial charge in [0.25, 0.3) is 0 Å². The van der Waals surface area contributed by atoms with Crippen molar-refractivity contribution in [2.24, 2.45) is 0 Å². The van der Waals surface area contributed by atoms with E-state index >= 15 is 0 Å². The van der Waals surface area contributed by atoms with Gasteiger partial charge in [-0.05, 0) is 118 Å². The van der Waals surface area contributed by atoms with Crippen molar-refractivity contribution in [1.82, 2.24) is 0 Å². The van der Waals surface area contributed by atoms with E-state index in [1.165, 1.54) is 0 Å². The number of hydrogen-bond donors (Lipinski definition) is 0. The van der Waals surface area contributed by atoms with Gasteiger partial charge in [0.15, 0.2) is 0 Å². The van der Waals surface area contributed by atoms with E-state index < -0.39 is 22.8 Å². The van der Waals surface area contributed by atoms with E-state index in [0.29, 0.717) is 28.7 Å². The van der Waals surface area contributed by atoms with E-state index in [1.54, 1.807) is 0 Å². The van der Waals surface area contributed by atoms with Crippen LogP contribution in [0.4, 0.5) is 0 Å². The van der Waals surface area contributed by atoms with Crippen molar-refractivity contribution in [3.8, 4) is 28.7 Å². The molecule has 5 aromatic carbocycles. The van der Waals surface area contributed by atoms with Crippen LogP contribution in [0.25, 0.3) is 0 Å². The van der Waals surface area contributed by atoms with Gasteiger partial charge in [-0.3, -0.25) is 4.52 Å². The Morgan fingerprint density at radius 2 is 0.800 bits per heavy atom. The summed E-state index contributed by atoms with van der Waals surface area (Å²) in [5.74, 6) is 3.20. The van der Waals surface area contributed by atoms with E-state index in [-0.39, 0.29) is 0 Å². The second-order valence-corrected chi connectivity index (χ2v) is 13.3. The van der Waals surface area contributed by atoms with Gasteiger partial charge in [0, 0.05) is 5.56 Å². The lowest BCUT2D eigenvalue weighted by Gasteiger charge is -2.31. The second kappa shape index (κ2) is 14.8. The third-order valence-electron chi connectivity index (χ3n) is 6.69. The summed E-state index contributed by atoms with van der Waals surface area (Å²) in [6, 6.07) is 39.0. The van der Waals surface area contributed by atoms with E-state index in [0.717, 1.165) is 27.8 Å². The largest absolute Gasteiger partial charge is 0.530 e. The molecule has 0 aromatic heterocycles. The molecule has 0 radical (unpaired) electrons. The maximum absolute atomic E-state index is 6.67. The van der Waals surface area contributed by atoms with Crippen molar-refractivity contribution >= 4 is 17.2 Å². The monoisotopic (exact) mass is 640 g/mol. The Bertz CT molecular complexity index is 1630. The van der Waals surface area contributed by atoms with Crippen molar-refractivity contribution < 1.29 is 27.1 Å². The summed E-state index contributed by atoms with van der Waals surface area (Å²) in [6.07, 6.45) is 0. The lowest BCUT2D eigenvalue weighted by molar-refractivity contribution is 0.0925. The van der Waals surface area contributed by atoms with Crippen molar-refractivity contribution in [2.45, 2.75) is 47.1 Å². The molecular weight excluding hydrogens is 602 g/mol. The van der Waals surface area contributed by atoms with Gasteiger partial charge in [-0.1, -0.05) is 66.7 Å². The van der Waals surface area contributed by atoms with Crippen LogP contribution in [0.5, 0.6) is 28.7 Å². The minimum absolute atomic E-state index is 0.565. The second-order valence-electron chi connectivity index (χ2n) is 11.3. The van der Waals surface area contributed by atoms with Crippen LogP contribution in [0.15, 0.2) is 121 Å². The van der Waals surface area contributed by atoms with Crippen LogP contribution in [0.1, 0.15) is 41.7 Å². The van der Waals surface area contributed by atoms with Crippen molar-refractivity contribution in [3.63, 3.8) is 0 Å². The molecule has 0 unspecified atom stereocenters. The molecule has 45 heavy (non-hydrogen) atoms. The maximum atomic E-state index is 6.67. The smallest absolute Gasteiger partial charge is 0.418 e. The SMILES string of the molecule is Cc1cccc(OP(Oc2cccc(C)c2)Oc2ccccc2C(C)(C)OP(Oc2cccc(C)c2)Oc2cccc(C)c2)c1. The van der Waals surface area contributed by atoms with Crippen LogP contribution in [-0.4, -0.2) is 0 Å². The van der Waals surface area contributed by atoms with Gasteiger partial charge in [0.05, 0.1) is 0 Å². The first-order valence-electron chi connectivity index (χ1n) is 14.7. The highest BCUT2D eigenvalue weighted by atomic mass is 31.2. The standard InChI is InChI=1S/C37H38O6P2/c1-27-13-9-17-31(23-27)38-44(39-32-18-10-14-28(2)24-32)42-36-22-8-7-21-35(36)37(5,6)43-45(40-33-19-11-15-29(3)25-33)41-34-20-12-16-30(4)26-34/h7-26H,1-6H3. The van der Waals surface area contributed by atoms with E-state index in [9.17, 15) is 0 Å². The van der Waals surface area contributed by atoms with E-state index in [1.807, 2.05) is 163 Å². The molecule has 0 heterocycles. The first kappa shape index (κ1) is 32.3. The summed E-state index contributed by atoms with van der Waals surface area (Å²) in [5, 5.41) is 0. The van der Waals surface area contributed by atoms with Crippen LogP contribution in [0.2, 0.25) is 0 Å². The molecule has 0 saturated carbocycles. The lowest BCUT2D eigenvalue weighted by atomic mass is 9.98. The van der Waals surface area contributed by atoms with Gasteiger partial charge in [0.1, 0.15) is 34.3 Å². The molecular formula is C37H38O6P2. The summed E-state index contributed by atoms with van der Waals surface area (Å²) in [6.45, 7) is 12.0. The highest BCUT2D eigenvalue weighted by Gasteiger charge is 2.34. The third-order valence-corrected chi connectivity index (χ3v) is 9.08. The fourth-order valence-corrected chi connectivity index (χ4v) is 6.66. The zero-order chi connectivity index (χ0) is 31.8. The fourth-order valence-electron chi connectivity index (χ4n) is 4.50. The normalized spacial score (nSPS) is 11.4. The molecule has 0 fully saturated rings. The summed E-state index contributed by atoms with van der Waals surface area (Å²) in [5.41, 5.74) is 4.18. The van der Waals surface area contributed by atoms with Gasteiger partial charge in [-0.2, -0.15) is 0 Å². The number of aryl methyl sites for hydroxylation is 4. The van der Waals surface area contributed by atoms with Gasteiger partial charge < -0.3 is 22.6 Å². The predicted molar refractivity (Wildman–Crippen MR) is 182 cm³/mol. The quantitative estimate of drug-likeness (QED) is 0.119. The average molecular weight is 641 g/mol. The highest BCUT2D eigenvalue weighted by Crippen LogP contribution is 2.51. The van der Waals surface area contributed by atoms with Crippen LogP contribution in [0, 0.1) is 27.7 Å². The molecule has 0 amide bonds. The minimum atomic E-state index is -1.90. The topological polar surface area (TPSA) is 55.4 Å². The summed E-state index contributed by atoms with van der Waals surface area (Å²) in [4.78, 5) is 0. The molecule has 232 valence electrons. The maximum Gasteiger partial charge on any atom is 0.530 e. The molecule has 5 aromatic rings. The molecule has 0 N–H and O–H groups in total. The molecule has 5 rings (SSSR count). The van der Waals surface area contributed by atoms with Crippen LogP contribution < -0.4 is 22.6 Å². The van der Waals surface area contributed by atoms with E-state index in [4.69, 9.17) is 27.1 Å². The zero-order valence-corrected chi connectivity index (χ0v) is 28.2. The van der Waals surface area contributed by atoms with Crippen molar-refractivity contribution in [2.75, 3.05) is 0 Å². The molecule has 0 spiro atoms. The van der Waals surface area contributed by atoms with Gasteiger partial charge in [-0.25, -0.2) is 0 Å². The average Bonchev–Trinajstić information content (AvgIpc) is 2.97. The first-order valence-corrected chi connectivity index (χ1v) is 16.9. The molecule has 6 nitrogen and oxygen atoms in total. The number of benzene rings is 5. The molecule has 0 saturated heterocycles. The third kappa shape index (κ3) is 9.45. The van der Waals surface area contributed by atoms with Gasteiger partial charge >= 0.3 is 17.2 Å². The summed E-state index contributed by atoms with van der Waals surface area (Å²) in [7, 11) is -3.78. The number of para-hydroxylation sites is 1. The Morgan fingerprint density at radius 1 is 0.422 bits per heavy atom. The van der Waals surface area contributed by atoms with Crippen LogP contribution in [-0.2, 0) is 10.1 Å². The molecule has 0 aliphatic heterocycles. The highest BCUT2D eigenvalue weighted by molar-refractivity contribution is 7.43. The van der Waals surface area contributed by atoms with Crippen LogP contribution >= 0.6 is 17.2 Å². The number of hydrogen-bond acceptors (Lipinski definition) is 6. The molecule has 0 aliphatic carbocycles. The zero-order valence-electron chi connectivity index (χ0n) is 26.4. The Balaban J connectivity index is 1.43. The number of rotatable bonds is 13. The molecule has 8 heteroatoms. The molecule has 0 aliphatic rings. The van der Waals surface area contributed by atoms with E-state index in [2.05, 4.69) is 0 Å². The van der Waals surface area contributed by atoms with Gasteiger partial charge in [-0.15, -0.1) is 0 Å². The first-order chi connectivity index (χ1) is 21.6. The Labute approximate surface area is 268 Å². The minimum Gasteiger partial charge on any atom is -0.418 e. The molecule has 0 bridgehead atoms. The summed E-state index contributed by atoms with van der Waals surface area (Å²) >= 11 is 0. The Morgan fingerprint density at radius 3 is 1.20 bits per heavy atom. The van der Waals surface area contributed by atoms with Crippen molar-refractivity contribution in [3.05, 3.63) is 149 Å². The molecule has 0 atom stereocenters. The Kier molecular flexibility index (Phi) is 10.6. The van der Waals surface area contributed by atoms with Gasteiger partial charge in [0.2, 0.25) is 0 Å². The predicted octanol–water partition coefficient (Wildman–Crippen LogP) is 11.3. The Hall–Kier alpha value is -4.08. The lowest BCUT2D eigenvalue weighted by Crippen LogP contribution is -2.22. The van der Waals surface area contributed by atoms with Crippen molar-refractivity contribution in [1.29, 1.82) is 0 Å². The summed E-state index contributed by atoms with van der Waals surface area (Å²) < 4.78 is 38.5. The fraction of sp³-hybridized carbons (Fsp3) is 0.189. The van der Waals surface area contributed by atoms with Crippen LogP contribution in [0.3, 0.4) is 0 Å².